The molecule has 6 heteroatoms. The summed E-state index contributed by atoms with van der Waals surface area (Å²) in [5.41, 5.74) is 7.84. The lowest BCUT2D eigenvalue weighted by atomic mass is 10.2. The van der Waals surface area contributed by atoms with Gasteiger partial charge >= 0.3 is 5.69 Å². The Hall–Kier alpha value is -2.76. The van der Waals surface area contributed by atoms with Crippen LogP contribution in [0, 0.1) is 6.92 Å². The van der Waals surface area contributed by atoms with Gasteiger partial charge in [0.05, 0.1) is 6.54 Å². The van der Waals surface area contributed by atoms with Crippen molar-refractivity contribution < 1.29 is 4.74 Å². The van der Waals surface area contributed by atoms with Gasteiger partial charge in [-0.25, -0.2) is 9.48 Å². The van der Waals surface area contributed by atoms with Crippen LogP contribution < -0.4 is 16.2 Å². The molecular weight excluding hydrogens is 268 g/mol. The van der Waals surface area contributed by atoms with Gasteiger partial charge in [-0.1, -0.05) is 6.07 Å². The van der Waals surface area contributed by atoms with Crippen molar-refractivity contribution in [3.63, 3.8) is 0 Å². The van der Waals surface area contributed by atoms with E-state index >= 15 is 0 Å². The van der Waals surface area contributed by atoms with E-state index in [-0.39, 0.29) is 5.69 Å². The Balaban J connectivity index is 1.72. The van der Waals surface area contributed by atoms with Crippen molar-refractivity contribution >= 4 is 11.3 Å². The van der Waals surface area contributed by atoms with Gasteiger partial charge in [0, 0.05) is 11.9 Å². The van der Waals surface area contributed by atoms with Gasteiger partial charge in [-0.2, -0.15) is 0 Å². The number of nitrogens with zero attached hydrogens (tertiary/aromatic N) is 3. The highest BCUT2D eigenvalue weighted by Crippen LogP contribution is 2.19. The van der Waals surface area contributed by atoms with E-state index < -0.39 is 0 Å². The monoisotopic (exact) mass is 284 g/mol. The Bertz CT molecular complexity index is 835. The van der Waals surface area contributed by atoms with E-state index in [2.05, 4.69) is 5.10 Å². The zero-order valence-electron chi connectivity index (χ0n) is 11.7. The maximum atomic E-state index is 12.1. The van der Waals surface area contributed by atoms with Gasteiger partial charge in [-0.3, -0.25) is 4.40 Å². The Kier molecular flexibility index (Phi) is 3.35. The molecule has 0 saturated heterocycles. The minimum Gasteiger partial charge on any atom is -0.491 e. The zero-order valence-corrected chi connectivity index (χ0v) is 11.7. The molecule has 0 amide bonds. The van der Waals surface area contributed by atoms with Crippen LogP contribution in [-0.4, -0.2) is 20.8 Å². The lowest BCUT2D eigenvalue weighted by molar-refractivity contribution is 0.287. The number of ether oxygens (including phenoxy) is 1. The highest BCUT2D eigenvalue weighted by Gasteiger charge is 2.06. The number of aryl methyl sites for hydroxylation is 1. The SMILES string of the molecule is Cc1cc(N)ccc1OCCn1nc2ccccn2c1=O. The first-order valence-electron chi connectivity index (χ1n) is 6.68. The van der Waals surface area contributed by atoms with Crippen molar-refractivity contribution in [2.75, 3.05) is 12.3 Å². The summed E-state index contributed by atoms with van der Waals surface area (Å²) >= 11 is 0. The number of benzene rings is 1. The van der Waals surface area contributed by atoms with E-state index in [1.165, 1.54) is 9.08 Å². The molecule has 21 heavy (non-hydrogen) atoms. The molecule has 0 bridgehead atoms. The molecule has 0 radical (unpaired) electrons. The number of rotatable bonds is 4. The average Bonchev–Trinajstić information content (AvgIpc) is 2.79. The van der Waals surface area contributed by atoms with Crippen molar-refractivity contribution in [1.29, 1.82) is 0 Å². The van der Waals surface area contributed by atoms with Gasteiger partial charge in [0.2, 0.25) is 0 Å². The largest absolute Gasteiger partial charge is 0.491 e. The van der Waals surface area contributed by atoms with Crippen LogP contribution in [0.25, 0.3) is 5.65 Å². The lowest BCUT2D eigenvalue weighted by Gasteiger charge is -2.09. The van der Waals surface area contributed by atoms with Crippen LogP contribution in [-0.2, 0) is 6.54 Å². The summed E-state index contributed by atoms with van der Waals surface area (Å²) in [5.74, 6) is 0.765. The van der Waals surface area contributed by atoms with Crippen molar-refractivity contribution in [3.05, 3.63) is 58.6 Å². The fourth-order valence-corrected chi connectivity index (χ4v) is 2.19. The van der Waals surface area contributed by atoms with E-state index in [9.17, 15) is 4.79 Å². The third-order valence-corrected chi connectivity index (χ3v) is 3.25. The van der Waals surface area contributed by atoms with Crippen LogP contribution in [0.3, 0.4) is 0 Å². The first-order valence-corrected chi connectivity index (χ1v) is 6.68. The molecule has 0 aliphatic carbocycles. The molecule has 2 N–H and O–H groups in total. The van der Waals surface area contributed by atoms with Crippen molar-refractivity contribution in [3.8, 4) is 5.75 Å². The molecule has 6 nitrogen and oxygen atoms in total. The molecule has 0 aliphatic heterocycles. The quantitative estimate of drug-likeness (QED) is 0.736. The predicted molar refractivity (Wildman–Crippen MR) is 80.5 cm³/mol. The zero-order chi connectivity index (χ0) is 14.8. The minimum absolute atomic E-state index is 0.164. The van der Waals surface area contributed by atoms with E-state index in [0.717, 1.165) is 11.3 Å². The second-order valence-corrected chi connectivity index (χ2v) is 4.81. The summed E-state index contributed by atoms with van der Waals surface area (Å²) in [7, 11) is 0. The Morgan fingerprint density at radius 1 is 1.29 bits per heavy atom. The number of nitrogen functional groups attached to an aromatic ring is 1. The fraction of sp³-hybridized carbons (Fsp3) is 0.200. The molecule has 3 rings (SSSR count). The highest BCUT2D eigenvalue weighted by molar-refractivity contribution is 5.47. The Morgan fingerprint density at radius 3 is 2.90 bits per heavy atom. The topological polar surface area (TPSA) is 74.6 Å². The molecule has 0 saturated carbocycles. The molecule has 0 unspecified atom stereocenters. The molecule has 2 heterocycles. The van der Waals surface area contributed by atoms with Gasteiger partial charge in [0.15, 0.2) is 5.65 Å². The predicted octanol–water partition coefficient (Wildman–Crippen LogP) is 1.47. The second kappa shape index (κ2) is 5.32. The molecule has 2 aromatic heterocycles. The van der Waals surface area contributed by atoms with Crippen LogP contribution in [0.2, 0.25) is 0 Å². The second-order valence-electron chi connectivity index (χ2n) is 4.81. The fourth-order valence-electron chi connectivity index (χ4n) is 2.19. The van der Waals surface area contributed by atoms with Crippen LogP contribution in [0.5, 0.6) is 5.75 Å². The van der Waals surface area contributed by atoms with Crippen LogP contribution in [0.4, 0.5) is 5.69 Å². The van der Waals surface area contributed by atoms with Gasteiger partial charge in [0.1, 0.15) is 12.4 Å². The van der Waals surface area contributed by atoms with Crippen molar-refractivity contribution in [1.82, 2.24) is 14.2 Å². The molecular formula is C15H16N4O2. The van der Waals surface area contributed by atoms with Crippen LogP contribution in [0.15, 0.2) is 47.4 Å². The third kappa shape index (κ3) is 2.60. The Morgan fingerprint density at radius 2 is 2.14 bits per heavy atom. The number of aromatic nitrogens is 3. The molecule has 1 aromatic carbocycles. The van der Waals surface area contributed by atoms with Crippen LogP contribution >= 0.6 is 0 Å². The van der Waals surface area contributed by atoms with Gasteiger partial charge in [-0.15, -0.1) is 5.10 Å². The normalized spacial score (nSPS) is 10.9. The first kappa shape index (κ1) is 13.2. The van der Waals surface area contributed by atoms with Gasteiger partial charge < -0.3 is 10.5 Å². The lowest BCUT2D eigenvalue weighted by Crippen LogP contribution is -2.24. The number of pyridine rings is 1. The summed E-state index contributed by atoms with van der Waals surface area (Å²) in [4.78, 5) is 12.1. The molecule has 0 fully saturated rings. The summed E-state index contributed by atoms with van der Waals surface area (Å²) in [5, 5.41) is 4.25. The maximum Gasteiger partial charge on any atom is 0.350 e. The summed E-state index contributed by atoms with van der Waals surface area (Å²) in [6.07, 6.45) is 1.70. The number of nitrogens with two attached hydrogens (primary N) is 1. The number of anilines is 1. The molecule has 3 aromatic rings. The number of fused-ring (bicyclic) bond motifs is 1. The third-order valence-electron chi connectivity index (χ3n) is 3.25. The van der Waals surface area contributed by atoms with E-state index in [4.69, 9.17) is 10.5 Å². The average molecular weight is 284 g/mol. The Labute approximate surface area is 121 Å². The summed E-state index contributed by atoms with van der Waals surface area (Å²) in [6.45, 7) is 2.70. The first-order chi connectivity index (χ1) is 10.1. The number of hydrogen-bond acceptors (Lipinski definition) is 4. The van der Waals surface area contributed by atoms with Gasteiger partial charge in [0.25, 0.3) is 0 Å². The van der Waals surface area contributed by atoms with Crippen molar-refractivity contribution in [2.45, 2.75) is 13.5 Å². The van der Waals surface area contributed by atoms with E-state index in [1.54, 1.807) is 24.4 Å². The number of hydrogen-bond donors (Lipinski definition) is 1. The molecule has 0 aliphatic rings. The standard InChI is InChI=1S/C15H16N4O2/c1-11-10-12(16)5-6-13(11)21-9-8-19-15(20)18-7-3-2-4-14(18)17-19/h2-7,10H,8-9,16H2,1H3. The van der Waals surface area contributed by atoms with Crippen LogP contribution in [0.1, 0.15) is 5.56 Å². The molecule has 0 atom stereocenters. The summed E-state index contributed by atoms with van der Waals surface area (Å²) in [6, 6.07) is 10.9. The smallest absolute Gasteiger partial charge is 0.350 e. The van der Waals surface area contributed by atoms with E-state index in [1.807, 2.05) is 25.1 Å². The minimum atomic E-state index is -0.164. The van der Waals surface area contributed by atoms with Crippen molar-refractivity contribution in [2.24, 2.45) is 0 Å². The summed E-state index contributed by atoms with van der Waals surface area (Å²) < 4.78 is 8.60. The molecule has 108 valence electrons. The van der Waals surface area contributed by atoms with E-state index in [0.29, 0.717) is 24.5 Å². The maximum absolute atomic E-state index is 12.1. The van der Waals surface area contributed by atoms with Gasteiger partial charge in [-0.05, 0) is 42.8 Å². The molecule has 0 spiro atoms. The highest BCUT2D eigenvalue weighted by atomic mass is 16.5.